The number of fused-ring (bicyclic) bond motifs is 1. The molecule has 0 radical (unpaired) electrons. The van der Waals surface area contributed by atoms with Crippen LogP contribution < -0.4 is 16.0 Å². The molecule has 1 aromatic heterocycles. The van der Waals surface area contributed by atoms with E-state index in [0.717, 1.165) is 4.70 Å². The number of carbonyl (C=O) groups is 2. The van der Waals surface area contributed by atoms with Crippen molar-refractivity contribution in [1.82, 2.24) is 4.98 Å². The lowest BCUT2D eigenvalue weighted by Crippen LogP contribution is -2.19. The van der Waals surface area contributed by atoms with Crippen molar-refractivity contribution in [2.24, 2.45) is 0 Å². The van der Waals surface area contributed by atoms with Gasteiger partial charge in [0.2, 0.25) is 0 Å². The van der Waals surface area contributed by atoms with Gasteiger partial charge in [-0.15, -0.1) is 0 Å². The molecule has 29 heavy (non-hydrogen) atoms. The molecule has 0 aliphatic rings. The maximum absolute atomic E-state index is 12.3. The van der Waals surface area contributed by atoms with Crippen LogP contribution in [0.3, 0.4) is 0 Å². The van der Waals surface area contributed by atoms with Gasteiger partial charge in [0.15, 0.2) is 5.13 Å². The number of nitrogens with one attached hydrogen (secondary N) is 3. The number of hydrogen-bond donors (Lipinski definition) is 3. The van der Waals surface area contributed by atoms with Gasteiger partial charge < -0.3 is 10.6 Å². The van der Waals surface area contributed by atoms with Crippen molar-refractivity contribution in [2.45, 2.75) is 0 Å². The summed E-state index contributed by atoms with van der Waals surface area (Å²) in [6.45, 7) is 0. The summed E-state index contributed by atoms with van der Waals surface area (Å²) in [5, 5.41) is 9.32. The van der Waals surface area contributed by atoms with Gasteiger partial charge in [0, 0.05) is 22.0 Å². The molecule has 3 aromatic carbocycles. The summed E-state index contributed by atoms with van der Waals surface area (Å²) in [7, 11) is 0. The third-order valence-corrected chi connectivity index (χ3v) is 5.17. The summed E-state index contributed by atoms with van der Waals surface area (Å²) in [6.07, 6.45) is 0. The Bertz CT molecular complexity index is 1190. The first-order valence-electron chi connectivity index (χ1n) is 8.67. The zero-order valence-electron chi connectivity index (χ0n) is 15.0. The van der Waals surface area contributed by atoms with Gasteiger partial charge in [-0.3, -0.25) is 10.1 Å². The third kappa shape index (κ3) is 4.71. The predicted octanol–water partition coefficient (Wildman–Crippen LogP) is 5.85. The minimum atomic E-state index is -0.389. The van der Waals surface area contributed by atoms with Gasteiger partial charge in [-0.2, -0.15) is 0 Å². The van der Waals surface area contributed by atoms with Gasteiger partial charge in [0.1, 0.15) is 0 Å². The van der Waals surface area contributed by atoms with E-state index in [1.54, 1.807) is 60.7 Å². The Balaban J connectivity index is 1.45. The van der Waals surface area contributed by atoms with Gasteiger partial charge in [-0.1, -0.05) is 47.2 Å². The lowest BCUT2D eigenvalue weighted by molar-refractivity contribution is 0.102. The average molecular weight is 423 g/mol. The molecular weight excluding hydrogens is 408 g/mol. The number of urea groups is 1. The van der Waals surface area contributed by atoms with Crippen molar-refractivity contribution in [2.75, 3.05) is 16.0 Å². The number of aromatic nitrogens is 1. The van der Waals surface area contributed by atoms with Crippen LogP contribution in [-0.4, -0.2) is 16.9 Å². The van der Waals surface area contributed by atoms with Crippen molar-refractivity contribution >= 4 is 61.6 Å². The number of anilines is 3. The molecule has 0 unspecified atom stereocenters. The standard InChI is InChI=1S/C21H15ClN4O2S/c22-14-7-4-8-15(11-14)23-20(28)24-16-9-10-18-17(12-16)25-21(29-18)26-19(27)13-5-2-1-3-6-13/h1-12H,(H2,23,24,28)(H,25,26,27). The van der Waals surface area contributed by atoms with Crippen LogP contribution in [0.4, 0.5) is 21.3 Å². The summed E-state index contributed by atoms with van der Waals surface area (Å²) >= 11 is 7.29. The molecule has 4 rings (SSSR count). The molecule has 3 N–H and O–H groups in total. The lowest BCUT2D eigenvalue weighted by atomic mass is 10.2. The number of nitrogens with zero attached hydrogens (tertiary/aromatic N) is 1. The molecule has 4 aromatic rings. The molecule has 0 aliphatic carbocycles. The van der Waals surface area contributed by atoms with Crippen LogP contribution in [-0.2, 0) is 0 Å². The number of halogens is 1. The molecule has 0 bridgehead atoms. The monoisotopic (exact) mass is 422 g/mol. The first kappa shape index (κ1) is 18.9. The zero-order chi connectivity index (χ0) is 20.2. The molecule has 0 spiro atoms. The molecular formula is C21H15ClN4O2S. The molecule has 0 aliphatic heterocycles. The van der Waals surface area contributed by atoms with Crippen molar-refractivity contribution in [3.05, 3.63) is 83.4 Å². The quantitative estimate of drug-likeness (QED) is 0.386. The molecule has 3 amide bonds. The molecule has 8 heteroatoms. The Morgan fingerprint density at radius 1 is 0.828 bits per heavy atom. The predicted molar refractivity (Wildman–Crippen MR) is 118 cm³/mol. The summed E-state index contributed by atoms with van der Waals surface area (Å²) in [5.41, 5.74) is 2.42. The van der Waals surface area contributed by atoms with Crippen LogP contribution in [0.2, 0.25) is 5.02 Å². The molecule has 0 fully saturated rings. The Kier molecular flexibility index (Phi) is 5.41. The number of thiazole rings is 1. The SMILES string of the molecule is O=C(Nc1cccc(Cl)c1)Nc1ccc2sc(NC(=O)c3ccccc3)nc2c1. The zero-order valence-corrected chi connectivity index (χ0v) is 16.6. The fourth-order valence-electron chi connectivity index (χ4n) is 2.68. The van der Waals surface area contributed by atoms with Gasteiger partial charge >= 0.3 is 6.03 Å². The first-order valence-corrected chi connectivity index (χ1v) is 9.87. The Morgan fingerprint density at radius 3 is 2.34 bits per heavy atom. The number of hydrogen-bond acceptors (Lipinski definition) is 4. The highest BCUT2D eigenvalue weighted by molar-refractivity contribution is 7.22. The smallest absolute Gasteiger partial charge is 0.308 e. The largest absolute Gasteiger partial charge is 0.323 e. The van der Waals surface area contributed by atoms with E-state index in [9.17, 15) is 9.59 Å². The topological polar surface area (TPSA) is 83.1 Å². The van der Waals surface area contributed by atoms with Crippen molar-refractivity contribution in [1.29, 1.82) is 0 Å². The Labute approximate surface area is 175 Å². The van der Waals surface area contributed by atoms with Crippen LogP contribution in [0, 0.1) is 0 Å². The fourth-order valence-corrected chi connectivity index (χ4v) is 3.71. The fraction of sp³-hybridized carbons (Fsp3) is 0. The minimum absolute atomic E-state index is 0.219. The van der Waals surface area contributed by atoms with E-state index < -0.39 is 0 Å². The van der Waals surface area contributed by atoms with E-state index in [4.69, 9.17) is 11.6 Å². The van der Waals surface area contributed by atoms with Crippen LogP contribution in [0.25, 0.3) is 10.2 Å². The summed E-state index contributed by atoms with van der Waals surface area (Å²) in [4.78, 5) is 28.9. The van der Waals surface area contributed by atoms with Crippen LogP contribution >= 0.6 is 22.9 Å². The average Bonchev–Trinajstić information content (AvgIpc) is 3.10. The highest BCUT2D eigenvalue weighted by Gasteiger charge is 2.11. The van der Waals surface area contributed by atoms with E-state index in [2.05, 4.69) is 20.9 Å². The normalized spacial score (nSPS) is 10.5. The van der Waals surface area contributed by atoms with Gasteiger partial charge in [0.05, 0.1) is 10.2 Å². The van der Waals surface area contributed by atoms with E-state index in [1.165, 1.54) is 11.3 Å². The van der Waals surface area contributed by atoms with Gasteiger partial charge in [-0.25, -0.2) is 9.78 Å². The number of rotatable bonds is 4. The van der Waals surface area contributed by atoms with E-state index >= 15 is 0 Å². The van der Waals surface area contributed by atoms with Crippen molar-refractivity contribution < 1.29 is 9.59 Å². The van der Waals surface area contributed by atoms with E-state index in [0.29, 0.717) is 32.6 Å². The van der Waals surface area contributed by atoms with E-state index in [1.807, 2.05) is 12.1 Å². The molecule has 0 atom stereocenters. The van der Waals surface area contributed by atoms with Crippen LogP contribution in [0.1, 0.15) is 10.4 Å². The van der Waals surface area contributed by atoms with Crippen LogP contribution in [0.15, 0.2) is 72.8 Å². The van der Waals surface area contributed by atoms with Crippen LogP contribution in [0.5, 0.6) is 0 Å². The van der Waals surface area contributed by atoms with Gasteiger partial charge in [0.25, 0.3) is 5.91 Å². The lowest BCUT2D eigenvalue weighted by Gasteiger charge is -2.07. The van der Waals surface area contributed by atoms with Gasteiger partial charge in [-0.05, 0) is 48.5 Å². The molecule has 144 valence electrons. The minimum Gasteiger partial charge on any atom is -0.308 e. The number of carbonyl (C=O) groups excluding carboxylic acids is 2. The maximum atomic E-state index is 12.3. The molecule has 0 saturated carbocycles. The summed E-state index contributed by atoms with van der Waals surface area (Å²) in [5.74, 6) is -0.219. The highest BCUT2D eigenvalue weighted by atomic mass is 35.5. The molecule has 0 saturated heterocycles. The maximum Gasteiger partial charge on any atom is 0.323 e. The highest BCUT2D eigenvalue weighted by Crippen LogP contribution is 2.28. The summed E-state index contributed by atoms with van der Waals surface area (Å²) < 4.78 is 0.897. The van der Waals surface area contributed by atoms with Crippen molar-refractivity contribution in [3.8, 4) is 0 Å². The Morgan fingerprint density at radius 2 is 1.59 bits per heavy atom. The van der Waals surface area contributed by atoms with E-state index in [-0.39, 0.29) is 11.9 Å². The number of amides is 3. The second kappa shape index (κ2) is 8.30. The first-order chi connectivity index (χ1) is 14.1. The second-order valence-electron chi connectivity index (χ2n) is 6.11. The second-order valence-corrected chi connectivity index (χ2v) is 7.58. The molecule has 1 heterocycles. The number of benzene rings is 3. The summed E-state index contributed by atoms with van der Waals surface area (Å²) in [6, 6.07) is 20.8. The van der Waals surface area contributed by atoms with Crippen molar-refractivity contribution in [3.63, 3.8) is 0 Å². The molecule has 6 nitrogen and oxygen atoms in total. The Hall–Kier alpha value is -3.42. The third-order valence-electron chi connectivity index (χ3n) is 3.98.